The first-order valence-corrected chi connectivity index (χ1v) is 11.2. The Bertz CT molecular complexity index is 1340. The van der Waals surface area contributed by atoms with Gasteiger partial charge in [0.05, 0.1) is 17.8 Å². The first-order chi connectivity index (χ1) is 15.2. The average molecular weight is 428 g/mol. The van der Waals surface area contributed by atoms with E-state index in [0.29, 0.717) is 6.04 Å². The summed E-state index contributed by atoms with van der Waals surface area (Å²) in [5, 5.41) is 18.6. The third kappa shape index (κ3) is 3.47. The maximum atomic E-state index is 4.67. The molecule has 1 aromatic carbocycles. The molecule has 154 valence electrons. The fourth-order valence-electron chi connectivity index (χ4n) is 3.76. The second-order valence-electron chi connectivity index (χ2n) is 7.93. The van der Waals surface area contributed by atoms with Crippen molar-refractivity contribution in [1.29, 1.82) is 0 Å². The summed E-state index contributed by atoms with van der Waals surface area (Å²) in [5.74, 6) is 0.888. The summed E-state index contributed by atoms with van der Waals surface area (Å²) in [4.78, 5) is 5.78. The second-order valence-corrected chi connectivity index (χ2v) is 8.98. The van der Waals surface area contributed by atoms with Gasteiger partial charge in [-0.1, -0.05) is 17.7 Å². The molecule has 2 aliphatic rings. The first kappa shape index (κ1) is 18.5. The Morgan fingerprint density at radius 2 is 2.00 bits per heavy atom. The largest absolute Gasteiger partial charge is 0.312 e. The van der Waals surface area contributed by atoms with Gasteiger partial charge >= 0.3 is 0 Å². The van der Waals surface area contributed by atoms with Crippen molar-refractivity contribution in [1.82, 2.24) is 34.8 Å². The Morgan fingerprint density at radius 1 is 1.06 bits per heavy atom. The first-order valence-electron chi connectivity index (χ1n) is 10.3. The number of hydrogen-bond acceptors (Lipinski definition) is 6. The Balaban J connectivity index is 1.30. The highest BCUT2D eigenvalue weighted by Gasteiger charge is 2.19. The number of hydrogen-bond donors (Lipinski definition) is 1. The van der Waals surface area contributed by atoms with Gasteiger partial charge in [0, 0.05) is 53.4 Å². The van der Waals surface area contributed by atoms with Crippen molar-refractivity contribution >= 4 is 28.7 Å². The van der Waals surface area contributed by atoms with Gasteiger partial charge in [0.15, 0.2) is 11.0 Å². The van der Waals surface area contributed by atoms with Crippen LogP contribution in [0.3, 0.4) is 0 Å². The van der Waals surface area contributed by atoms with Crippen LogP contribution in [-0.2, 0) is 6.54 Å². The van der Waals surface area contributed by atoms with Crippen LogP contribution in [0.2, 0.25) is 0 Å². The van der Waals surface area contributed by atoms with Crippen molar-refractivity contribution in [3.05, 3.63) is 66.4 Å². The summed E-state index contributed by atoms with van der Waals surface area (Å²) in [6.45, 7) is 4.84. The average Bonchev–Trinajstić information content (AvgIpc) is 3.32. The van der Waals surface area contributed by atoms with Gasteiger partial charge in [-0.25, -0.2) is 0 Å². The molecule has 0 unspecified atom stereocenters. The molecule has 0 atom stereocenters. The molecule has 0 amide bonds. The number of benzene rings is 1. The molecule has 0 spiro atoms. The second kappa shape index (κ2) is 7.47. The lowest BCUT2D eigenvalue weighted by molar-refractivity contribution is 0.318. The lowest BCUT2D eigenvalue weighted by Gasteiger charge is -2.27. The van der Waals surface area contributed by atoms with Gasteiger partial charge in [-0.15, -0.1) is 10.2 Å². The van der Waals surface area contributed by atoms with Crippen molar-refractivity contribution in [2.75, 3.05) is 13.1 Å². The topological polar surface area (TPSA) is 73.5 Å². The van der Waals surface area contributed by atoms with E-state index in [1.54, 1.807) is 11.8 Å². The number of pyridine rings is 1. The zero-order chi connectivity index (χ0) is 20.8. The highest BCUT2D eigenvalue weighted by molar-refractivity contribution is 7.99. The predicted octanol–water partition coefficient (Wildman–Crippen LogP) is 3.96. The molecule has 31 heavy (non-hydrogen) atoms. The molecule has 8 heteroatoms. The summed E-state index contributed by atoms with van der Waals surface area (Å²) in [6, 6.07) is 8.97. The van der Waals surface area contributed by atoms with Crippen LogP contribution in [0.15, 0.2) is 70.6 Å². The summed E-state index contributed by atoms with van der Waals surface area (Å²) in [6.07, 6.45) is 12.3. The minimum Gasteiger partial charge on any atom is -0.312 e. The number of nitrogens with zero attached hydrogens (tertiary/aromatic N) is 6. The van der Waals surface area contributed by atoms with Crippen molar-refractivity contribution < 1.29 is 0 Å². The van der Waals surface area contributed by atoms with E-state index in [-0.39, 0.29) is 0 Å². The van der Waals surface area contributed by atoms with Crippen LogP contribution < -0.4 is 5.32 Å². The molecule has 1 N–H and O–H groups in total. The third-order valence-electron chi connectivity index (χ3n) is 5.77. The minimum absolute atomic E-state index is 0.455. The molecule has 7 nitrogen and oxygen atoms in total. The Kier molecular flexibility index (Phi) is 4.47. The predicted molar refractivity (Wildman–Crippen MR) is 122 cm³/mol. The van der Waals surface area contributed by atoms with Crippen LogP contribution in [0, 0.1) is 0 Å². The molecule has 0 bridgehead atoms. The van der Waals surface area contributed by atoms with E-state index < -0.39 is 0 Å². The van der Waals surface area contributed by atoms with E-state index >= 15 is 0 Å². The van der Waals surface area contributed by atoms with Crippen LogP contribution in [-0.4, -0.2) is 42.6 Å². The zero-order valence-corrected chi connectivity index (χ0v) is 17.9. The van der Waals surface area contributed by atoms with E-state index in [0.717, 1.165) is 57.5 Å². The molecule has 0 saturated carbocycles. The number of nitrogens with one attached hydrogen (secondary N) is 1. The summed E-state index contributed by atoms with van der Waals surface area (Å²) in [7, 11) is 0. The van der Waals surface area contributed by atoms with Gasteiger partial charge in [-0.2, -0.15) is 5.10 Å². The molecular formula is C23H21N7S. The Morgan fingerprint density at radius 3 is 2.87 bits per heavy atom. The van der Waals surface area contributed by atoms with Crippen LogP contribution in [0.1, 0.15) is 18.8 Å². The van der Waals surface area contributed by atoms with Crippen LogP contribution >= 0.6 is 11.8 Å². The molecule has 0 radical (unpaired) electrons. The summed E-state index contributed by atoms with van der Waals surface area (Å²) in [5.41, 5.74) is 4.39. The Hall–Kier alpha value is -3.23. The molecular weight excluding hydrogens is 406 g/mol. The van der Waals surface area contributed by atoms with Crippen molar-refractivity contribution in [2.45, 2.75) is 29.6 Å². The molecule has 5 heterocycles. The van der Waals surface area contributed by atoms with Crippen LogP contribution in [0.4, 0.5) is 0 Å². The summed E-state index contributed by atoms with van der Waals surface area (Å²) < 4.78 is 4.18. The smallest absolute Gasteiger partial charge is 0.196 e. The van der Waals surface area contributed by atoms with Gasteiger partial charge in [0.2, 0.25) is 0 Å². The van der Waals surface area contributed by atoms with Gasteiger partial charge in [0.25, 0.3) is 0 Å². The fourth-order valence-corrected chi connectivity index (χ4v) is 4.66. The van der Waals surface area contributed by atoms with Crippen molar-refractivity contribution in [3.63, 3.8) is 0 Å². The highest BCUT2D eigenvalue weighted by atomic mass is 32.2. The third-order valence-corrected chi connectivity index (χ3v) is 6.74. The van der Waals surface area contributed by atoms with Gasteiger partial charge < -0.3 is 5.32 Å². The van der Waals surface area contributed by atoms with Crippen LogP contribution in [0.5, 0.6) is 0 Å². The van der Waals surface area contributed by atoms with Crippen molar-refractivity contribution in [3.8, 4) is 11.1 Å². The fraction of sp³-hybridized carbons (Fsp3) is 0.217. The van der Waals surface area contributed by atoms with Gasteiger partial charge in [-0.3, -0.25) is 14.2 Å². The van der Waals surface area contributed by atoms with E-state index in [9.17, 15) is 0 Å². The number of fused-ring (bicyclic) bond motifs is 2. The highest BCUT2D eigenvalue weighted by Crippen LogP contribution is 2.31. The van der Waals surface area contributed by atoms with Crippen LogP contribution in [0.25, 0.3) is 28.1 Å². The molecule has 6 rings (SSSR count). The molecule has 0 aliphatic carbocycles. The minimum atomic E-state index is 0.455. The van der Waals surface area contributed by atoms with E-state index in [1.807, 2.05) is 23.2 Å². The van der Waals surface area contributed by atoms with E-state index in [2.05, 4.69) is 79.7 Å². The standard InChI is InChI=1S/C23H21N7S/c1-15-2-5-22-27-28-23(29(22)7-6-15)31-20-3-4-21-16(9-20)8-17(10-25-21)18-11-26-30(14-18)19-12-24-13-19/h2-6,8-11,14,19,24H,7,12-13H2,1H3. The maximum absolute atomic E-state index is 4.67. The molecule has 1 saturated heterocycles. The maximum Gasteiger partial charge on any atom is 0.196 e. The molecule has 2 aliphatic heterocycles. The quantitative estimate of drug-likeness (QED) is 0.532. The number of rotatable bonds is 4. The normalized spacial score (nSPS) is 16.1. The molecule has 4 aromatic rings. The lowest BCUT2D eigenvalue weighted by Crippen LogP contribution is -2.43. The SMILES string of the molecule is CC1=CCn2c(nnc2Sc2ccc3ncc(-c4cnn(C5CNC5)c4)cc3c2)C=C1. The molecule has 3 aromatic heterocycles. The monoisotopic (exact) mass is 427 g/mol. The summed E-state index contributed by atoms with van der Waals surface area (Å²) >= 11 is 1.63. The molecule has 1 fully saturated rings. The zero-order valence-electron chi connectivity index (χ0n) is 17.1. The van der Waals surface area contributed by atoms with Gasteiger partial charge in [0.1, 0.15) is 0 Å². The number of aromatic nitrogens is 6. The van der Waals surface area contributed by atoms with E-state index in [4.69, 9.17) is 0 Å². The number of allylic oxidation sites excluding steroid dienone is 3. The Labute approximate surface area is 183 Å². The van der Waals surface area contributed by atoms with E-state index in [1.165, 1.54) is 5.57 Å². The lowest BCUT2D eigenvalue weighted by atomic mass is 10.1. The van der Waals surface area contributed by atoms with Crippen molar-refractivity contribution in [2.24, 2.45) is 0 Å². The van der Waals surface area contributed by atoms with Gasteiger partial charge in [-0.05, 0) is 49.0 Å².